The maximum Gasteiger partial charge on any atom is 0.139 e. The zero-order valence-electron chi connectivity index (χ0n) is 18.3. The van der Waals surface area contributed by atoms with E-state index in [1.165, 1.54) is 25.8 Å². The number of benzene rings is 2. The third kappa shape index (κ3) is 4.37. The molecule has 2 aromatic rings. The number of rotatable bonds is 4. The Balaban J connectivity index is 1.53. The van der Waals surface area contributed by atoms with Gasteiger partial charge in [0.1, 0.15) is 12.1 Å². The van der Waals surface area contributed by atoms with Crippen molar-refractivity contribution in [2.24, 2.45) is 10.8 Å². The molecule has 4 rings (SSSR count). The van der Waals surface area contributed by atoms with Crippen molar-refractivity contribution < 1.29 is 10.0 Å². The highest BCUT2D eigenvalue weighted by molar-refractivity contribution is 9.10. The van der Waals surface area contributed by atoms with Gasteiger partial charge >= 0.3 is 0 Å². The number of hydrogen-bond acceptors (Lipinski definition) is 1. The minimum absolute atomic E-state index is 0.389. The van der Waals surface area contributed by atoms with Gasteiger partial charge in [0.05, 0.1) is 12.6 Å². The summed E-state index contributed by atoms with van der Waals surface area (Å²) in [5.74, 6) is 6.79. The van der Waals surface area contributed by atoms with Gasteiger partial charge in [0.15, 0.2) is 0 Å². The Bertz CT molecular complexity index is 960. The van der Waals surface area contributed by atoms with Crippen molar-refractivity contribution in [1.29, 1.82) is 0 Å². The van der Waals surface area contributed by atoms with Crippen LogP contribution in [0.3, 0.4) is 0 Å². The molecule has 2 fully saturated rings. The summed E-state index contributed by atoms with van der Waals surface area (Å²) in [6.45, 7) is 9.40. The molecular formula is C27H33BrNO+. The highest BCUT2D eigenvalue weighted by atomic mass is 79.9. The Kier molecular flexibility index (Phi) is 5.88. The fourth-order valence-electron chi connectivity index (χ4n) is 6.19. The SMILES string of the molecule is CC1(C)C[C@@H]2C[C@@](C)(C[NH+]2CC#CC[C@@](O)(c2ccccc2)c2ccccc2Br)C1. The van der Waals surface area contributed by atoms with Crippen LogP contribution in [0.5, 0.6) is 0 Å². The zero-order valence-corrected chi connectivity index (χ0v) is 19.9. The van der Waals surface area contributed by atoms with Crippen molar-refractivity contribution in [1.82, 2.24) is 0 Å². The summed E-state index contributed by atoms with van der Waals surface area (Å²) in [5, 5.41) is 11.7. The first-order valence-corrected chi connectivity index (χ1v) is 11.8. The van der Waals surface area contributed by atoms with Crippen molar-refractivity contribution in [2.75, 3.05) is 13.1 Å². The maximum absolute atomic E-state index is 11.7. The second-order valence-electron chi connectivity index (χ2n) is 10.5. The van der Waals surface area contributed by atoms with Gasteiger partial charge in [0, 0.05) is 34.7 Å². The quantitative estimate of drug-likeness (QED) is 0.634. The van der Waals surface area contributed by atoms with Gasteiger partial charge in [-0.15, -0.1) is 0 Å². The number of quaternary nitrogens is 1. The smallest absolute Gasteiger partial charge is 0.139 e. The molecule has 1 saturated carbocycles. The van der Waals surface area contributed by atoms with Crippen LogP contribution in [-0.4, -0.2) is 24.2 Å². The third-order valence-corrected chi connectivity index (χ3v) is 7.72. The Labute approximate surface area is 189 Å². The summed E-state index contributed by atoms with van der Waals surface area (Å²) in [6, 6.07) is 18.5. The van der Waals surface area contributed by atoms with E-state index in [0.717, 1.165) is 28.2 Å². The van der Waals surface area contributed by atoms with Gasteiger partial charge in [-0.3, -0.25) is 0 Å². The van der Waals surface area contributed by atoms with Crippen molar-refractivity contribution >= 4 is 15.9 Å². The van der Waals surface area contributed by atoms with Gasteiger partial charge in [-0.25, -0.2) is 0 Å². The number of halogens is 1. The van der Waals surface area contributed by atoms with Crippen LogP contribution in [-0.2, 0) is 5.60 Å². The van der Waals surface area contributed by atoms with Gasteiger partial charge < -0.3 is 10.0 Å². The number of aliphatic hydroxyl groups is 1. The van der Waals surface area contributed by atoms with E-state index in [-0.39, 0.29) is 0 Å². The monoisotopic (exact) mass is 466 g/mol. The summed E-state index contributed by atoms with van der Waals surface area (Å²) >= 11 is 3.63. The molecule has 1 aliphatic heterocycles. The van der Waals surface area contributed by atoms with Gasteiger partial charge in [0.2, 0.25) is 0 Å². The molecule has 2 bridgehead atoms. The lowest BCUT2D eigenvalue weighted by Crippen LogP contribution is -3.13. The molecule has 1 saturated heterocycles. The Hall–Kier alpha value is -1.60. The van der Waals surface area contributed by atoms with E-state index in [4.69, 9.17) is 0 Å². The summed E-state index contributed by atoms with van der Waals surface area (Å²) in [5.41, 5.74) is 1.52. The third-order valence-electron chi connectivity index (χ3n) is 7.03. The molecule has 1 heterocycles. The van der Waals surface area contributed by atoms with E-state index in [1.54, 1.807) is 4.90 Å². The van der Waals surface area contributed by atoms with Crippen LogP contribution >= 0.6 is 15.9 Å². The van der Waals surface area contributed by atoms with Crippen molar-refractivity contribution in [3.05, 3.63) is 70.2 Å². The van der Waals surface area contributed by atoms with E-state index in [0.29, 0.717) is 17.3 Å². The molecule has 0 amide bonds. The van der Waals surface area contributed by atoms with Crippen LogP contribution in [0.15, 0.2) is 59.1 Å². The van der Waals surface area contributed by atoms with E-state index in [1.807, 2.05) is 54.6 Å². The fourth-order valence-corrected chi connectivity index (χ4v) is 6.80. The van der Waals surface area contributed by atoms with Crippen LogP contribution in [0.4, 0.5) is 0 Å². The first-order chi connectivity index (χ1) is 14.2. The molecule has 2 aromatic carbocycles. The predicted molar refractivity (Wildman–Crippen MR) is 126 cm³/mol. The molecular weight excluding hydrogens is 434 g/mol. The van der Waals surface area contributed by atoms with Crippen LogP contribution in [0, 0.1) is 22.7 Å². The zero-order chi connectivity index (χ0) is 21.4. The summed E-state index contributed by atoms with van der Waals surface area (Å²) in [7, 11) is 0. The number of likely N-dealkylation sites (tertiary alicyclic amines) is 1. The average Bonchev–Trinajstić information content (AvgIpc) is 2.94. The lowest BCUT2D eigenvalue weighted by molar-refractivity contribution is -0.907. The minimum atomic E-state index is -1.13. The molecule has 2 N–H and O–H groups in total. The normalized spacial score (nSPS) is 29.0. The Morgan fingerprint density at radius 1 is 1.03 bits per heavy atom. The predicted octanol–water partition coefficient (Wildman–Crippen LogP) is 4.56. The van der Waals surface area contributed by atoms with Crippen molar-refractivity contribution in [3.8, 4) is 11.8 Å². The molecule has 0 spiro atoms. The fraction of sp³-hybridized carbons (Fsp3) is 0.481. The second-order valence-corrected chi connectivity index (χ2v) is 11.4. The van der Waals surface area contributed by atoms with Gasteiger partial charge in [-0.2, -0.15) is 0 Å². The first-order valence-electron chi connectivity index (χ1n) is 11.0. The van der Waals surface area contributed by atoms with Crippen molar-refractivity contribution in [2.45, 2.75) is 58.1 Å². The molecule has 1 unspecified atom stereocenters. The molecule has 2 nitrogen and oxygen atoms in total. The first kappa shape index (κ1) is 21.6. The van der Waals surface area contributed by atoms with Gasteiger partial charge in [-0.05, 0) is 29.4 Å². The van der Waals surface area contributed by atoms with E-state index in [2.05, 4.69) is 48.5 Å². The van der Waals surface area contributed by atoms with Crippen LogP contribution in [0.1, 0.15) is 57.6 Å². The molecule has 1 aliphatic carbocycles. The molecule has 2 aliphatic rings. The Morgan fingerprint density at radius 2 is 1.73 bits per heavy atom. The second kappa shape index (κ2) is 8.15. The van der Waals surface area contributed by atoms with Gasteiger partial charge in [0.25, 0.3) is 0 Å². The van der Waals surface area contributed by atoms with E-state index >= 15 is 0 Å². The van der Waals surface area contributed by atoms with E-state index in [9.17, 15) is 5.11 Å². The molecule has 30 heavy (non-hydrogen) atoms. The molecule has 0 aromatic heterocycles. The van der Waals surface area contributed by atoms with Crippen LogP contribution in [0.25, 0.3) is 0 Å². The molecule has 3 heteroatoms. The molecule has 4 atom stereocenters. The molecule has 0 radical (unpaired) electrons. The molecule has 158 valence electrons. The maximum atomic E-state index is 11.7. The highest BCUT2D eigenvalue weighted by Crippen LogP contribution is 2.47. The Morgan fingerprint density at radius 3 is 2.47 bits per heavy atom. The van der Waals surface area contributed by atoms with Gasteiger partial charge in [-0.1, -0.05) is 91.2 Å². The number of hydrogen-bond donors (Lipinski definition) is 2. The van der Waals surface area contributed by atoms with Crippen LogP contribution < -0.4 is 4.90 Å². The van der Waals surface area contributed by atoms with Crippen molar-refractivity contribution in [3.63, 3.8) is 0 Å². The summed E-state index contributed by atoms with van der Waals surface area (Å²) < 4.78 is 0.910. The summed E-state index contributed by atoms with van der Waals surface area (Å²) in [4.78, 5) is 1.64. The lowest BCUT2D eigenvalue weighted by atomic mass is 9.65. The van der Waals surface area contributed by atoms with Crippen LogP contribution in [0.2, 0.25) is 0 Å². The minimum Gasteiger partial charge on any atom is -0.379 e. The topological polar surface area (TPSA) is 24.7 Å². The summed E-state index contributed by atoms with van der Waals surface area (Å²) in [6.07, 6.45) is 4.34. The number of nitrogens with one attached hydrogen (secondary N) is 1. The average molecular weight is 467 g/mol. The highest BCUT2D eigenvalue weighted by Gasteiger charge is 2.52. The number of fused-ring (bicyclic) bond motifs is 2. The van der Waals surface area contributed by atoms with E-state index < -0.39 is 5.60 Å². The standard InChI is InChI=1S/C27H32BrNO/c1-25(2)17-22-18-26(3,19-25)20-29(22)16-10-9-15-27(30,21-11-5-4-6-12-21)23-13-7-8-14-24(23)28/h4-8,11-14,22,30H,15-20H2,1-3H3/p+1/t22-,26-,27-/m1/s1. The largest absolute Gasteiger partial charge is 0.379 e. The lowest BCUT2D eigenvalue weighted by Gasteiger charge is -2.37.